The van der Waals surface area contributed by atoms with Gasteiger partial charge in [-0.3, -0.25) is 4.99 Å². The van der Waals surface area contributed by atoms with E-state index in [9.17, 15) is 4.79 Å². The third-order valence-corrected chi connectivity index (χ3v) is 4.03. The Kier molecular flexibility index (Phi) is 10.3. The molecule has 1 saturated carbocycles. The molecule has 6 nitrogen and oxygen atoms in total. The first-order valence-electron chi connectivity index (χ1n) is 8.64. The lowest BCUT2D eigenvalue weighted by Crippen LogP contribution is -2.48. The average molecular weight is 460 g/mol. The van der Waals surface area contributed by atoms with Crippen molar-refractivity contribution in [3.63, 3.8) is 0 Å². The number of nitrogens with zero attached hydrogens (tertiary/aromatic N) is 1. The molecule has 0 spiro atoms. The largest absolute Gasteiger partial charge is 0.450 e. The molecule has 7 heteroatoms. The predicted octanol–water partition coefficient (Wildman–Crippen LogP) is 2.54. The molecular formula is C18H29IN4O2. The van der Waals surface area contributed by atoms with Crippen LogP contribution in [-0.4, -0.2) is 44.8 Å². The Morgan fingerprint density at radius 1 is 1.28 bits per heavy atom. The molecule has 0 bridgehead atoms. The highest BCUT2D eigenvalue weighted by Gasteiger charge is 2.32. The van der Waals surface area contributed by atoms with E-state index in [-0.39, 0.29) is 36.1 Å². The van der Waals surface area contributed by atoms with E-state index in [0.29, 0.717) is 19.1 Å². The van der Waals surface area contributed by atoms with Crippen LogP contribution in [0.2, 0.25) is 0 Å². The van der Waals surface area contributed by atoms with Crippen LogP contribution in [0.1, 0.15) is 25.3 Å². The van der Waals surface area contributed by atoms with Gasteiger partial charge in [0.2, 0.25) is 0 Å². The van der Waals surface area contributed by atoms with Gasteiger partial charge in [-0.1, -0.05) is 30.3 Å². The zero-order valence-corrected chi connectivity index (χ0v) is 17.3. The third kappa shape index (κ3) is 8.42. The van der Waals surface area contributed by atoms with Crippen molar-refractivity contribution in [3.8, 4) is 0 Å². The molecule has 1 unspecified atom stereocenters. The van der Waals surface area contributed by atoms with E-state index in [4.69, 9.17) is 4.74 Å². The fourth-order valence-electron chi connectivity index (χ4n) is 2.56. The fourth-order valence-corrected chi connectivity index (χ4v) is 2.56. The van der Waals surface area contributed by atoms with Crippen LogP contribution in [0.15, 0.2) is 35.3 Å². The minimum atomic E-state index is -0.344. The second-order valence-electron chi connectivity index (χ2n) is 5.92. The molecule has 1 aromatic rings. The first kappa shape index (κ1) is 21.5. The van der Waals surface area contributed by atoms with Gasteiger partial charge in [0.1, 0.15) is 0 Å². The van der Waals surface area contributed by atoms with Gasteiger partial charge >= 0.3 is 6.09 Å². The summed E-state index contributed by atoms with van der Waals surface area (Å²) in [5.41, 5.74) is 1.29. The number of nitrogens with one attached hydrogen (secondary N) is 3. The van der Waals surface area contributed by atoms with Crippen molar-refractivity contribution in [2.45, 2.75) is 32.2 Å². The molecule has 0 aromatic heterocycles. The van der Waals surface area contributed by atoms with Gasteiger partial charge in [-0.05, 0) is 37.7 Å². The molecule has 1 atom stereocenters. The van der Waals surface area contributed by atoms with E-state index in [1.807, 2.05) is 25.1 Å². The summed E-state index contributed by atoms with van der Waals surface area (Å²) in [6.07, 6.45) is 2.90. The first-order chi connectivity index (χ1) is 11.7. The molecule has 0 aliphatic heterocycles. The van der Waals surface area contributed by atoms with Crippen LogP contribution in [0.25, 0.3) is 0 Å². The van der Waals surface area contributed by atoms with Gasteiger partial charge in [0.05, 0.1) is 12.6 Å². The van der Waals surface area contributed by atoms with Gasteiger partial charge in [0.15, 0.2) is 5.96 Å². The fraction of sp³-hybridized carbons (Fsp3) is 0.556. The molecule has 1 aliphatic carbocycles. The molecule has 1 fully saturated rings. The van der Waals surface area contributed by atoms with Crippen LogP contribution >= 0.6 is 24.0 Å². The SMILES string of the molecule is CCOC(=O)NC(CNC(=NC)NCCc1ccccc1)C1CC1.I. The molecular weight excluding hydrogens is 431 g/mol. The summed E-state index contributed by atoms with van der Waals surface area (Å²) in [5.74, 6) is 1.28. The first-order valence-corrected chi connectivity index (χ1v) is 8.64. The number of rotatable bonds is 8. The highest BCUT2D eigenvalue weighted by molar-refractivity contribution is 14.0. The van der Waals surface area contributed by atoms with E-state index in [0.717, 1.165) is 31.8 Å². The van der Waals surface area contributed by atoms with Gasteiger partial charge in [0.25, 0.3) is 0 Å². The third-order valence-electron chi connectivity index (χ3n) is 4.03. The predicted molar refractivity (Wildman–Crippen MR) is 112 cm³/mol. The minimum Gasteiger partial charge on any atom is -0.450 e. The molecule has 0 heterocycles. The number of aliphatic imine (C=N–C) groups is 1. The zero-order valence-electron chi connectivity index (χ0n) is 15.0. The zero-order chi connectivity index (χ0) is 17.2. The lowest BCUT2D eigenvalue weighted by molar-refractivity contribution is 0.146. The number of amides is 1. The van der Waals surface area contributed by atoms with Crippen molar-refractivity contribution in [1.82, 2.24) is 16.0 Å². The van der Waals surface area contributed by atoms with Crippen LogP contribution in [-0.2, 0) is 11.2 Å². The number of hydrogen-bond acceptors (Lipinski definition) is 3. The van der Waals surface area contributed by atoms with Crippen molar-refractivity contribution in [3.05, 3.63) is 35.9 Å². The lowest BCUT2D eigenvalue weighted by Gasteiger charge is -2.20. The Hall–Kier alpha value is -1.51. The maximum absolute atomic E-state index is 11.6. The molecule has 2 rings (SSSR count). The Morgan fingerprint density at radius 3 is 2.60 bits per heavy atom. The number of carbonyl (C=O) groups excluding carboxylic acids is 1. The van der Waals surface area contributed by atoms with Crippen molar-refractivity contribution >= 4 is 36.0 Å². The number of benzene rings is 1. The van der Waals surface area contributed by atoms with E-state index in [2.05, 4.69) is 33.1 Å². The van der Waals surface area contributed by atoms with Gasteiger partial charge in [-0.15, -0.1) is 24.0 Å². The topological polar surface area (TPSA) is 74.8 Å². The van der Waals surface area contributed by atoms with Gasteiger partial charge in [-0.25, -0.2) is 4.79 Å². The smallest absolute Gasteiger partial charge is 0.407 e. The summed E-state index contributed by atoms with van der Waals surface area (Å²) < 4.78 is 4.97. The van der Waals surface area contributed by atoms with Gasteiger partial charge in [-0.2, -0.15) is 0 Å². The van der Waals surface area contributed by atoms with Crippen LogP contribution in [0, 0.1) is 5.92 Å². The number of ether oxygens (including phenoxy) is 1. The monoisotopic (exact) mass is 460 g/mol. The maximum atomic E-state index is 11.6. The molecule has 1 aromatic carbocycles. The van der Waals surface area contributed by atoms with Crippen LogP contribution in [0.5, 0.6) is 0 Å². The van der Waals surface area contributed by atoms with E-state index >= 15 is 0 Å². The number of halogens is 1. The van der Waals surface area contributed by atoms with Gasteiger partial charge in [0, 0.05) is 20.1 Å². The minimum absolute atomic E-state index is 0. The summed E-state index contributed by atoms with van der Waals surface area (Å²) in [6.45, 7) is 3.65. The summed E-state index contributed by atoms with van der Waals surface area (Å²) in [6, 6.07) is 10.4. The summed E-state index contributed by atoms with van der Waals surface area (Å²) in [4.78, 5) is 15.9. The van der Waals surface area contributed by atoms with Crippen molar-refractivity contribution in [1.29, 1.82) is 0 Å². The number of alkyl carbamates (subject to hydrolysis) is 1. The number of carbonyl (C=O) groups is 1. The number of hydrogen-bond donors (Lipinski definition) is 3. The highest BCUT2D eigenvalue weighted by atomic mass is 127. The van der Waals surface area contributed by atoms with Crippen molar-refractivity contribution in [2.24, 2.45) is 10.9 Å². The van der Waals surface area contributed by atoms with Gasteiger partial charge < -0.3 is 20.7 Å². The molecule has 140 valence electrons. The average Bonchev–Trinajstić information content (AvgIpc) is 3.43. The Labute approximate surface area is 167 Å². The quantitative estimate of drug-likeness (QED) is 0.317. The molecule has 1 aliphatic rings. The number of guanidine groups is 1. The summed E-state index contributed by atoms with van der Waals surface area (Å²) in [7, 11) is 1.75. The van der Waals surface area contributed by atoms with Crippen LogP contribution in [0.3, 0.4) is 0 Å². The van der Waals surface area contributed by atoms with Crippen LogP contribution < -0.4 is 16.0 Å². The normalized spacial score (nSPS) is 14.9. The van der Waals surface area contributed by atoms with E-state index in [1.165, 1.54) is 5.56 Å². The standard InChI is InChI=1S/C18H28N4O2.HI/c1-3-24-18(23)22-16(15-9-10-15)13-21-17(19-2)20-12-11-14-7-5-4-6-8-14;/h4-8,15-16H,3,9-13H2,1-2H3,(H,22,23)(H2,19,20,21);1H. The highest BCUT2D eigenvalue weighted by Crippen LogP contribution is 2.32. The summed E-state index contributed by atoms with van der Waals surface area (Å²) >= 11 is 0. The Bertz CT molecular complexity index is 535. The molecule has 0 saturated heterocycles. The molecule has 3 N–H and O–H groups in total. The maximum Gasteiger partial charge on any atom is 0.407 e. The van der Waals surface area contributed by atoms with Crippen LogP contribution in [0.4, 0.5) is 4.79 Å². The van der Waals surface area contributed by atoms with Crippen molar-refractivity contribution in [2.75, 3.05) is 26.7 Å². The lowest BCUT2D eigenvalue weighted by atomic mass is 10.1. The van der Waals surface area contributed by atoms with E-state index < -0.39 is 0 Å². The second-order valence-corrected chi connectivity index (χ2v) is 5.92. The Morgan fingerprint density at radius 2 is 2.00 bits per heavy atom. The summed E-state index contributed by atoms with van der Waals surface area (Å²) in [5, 5.41) is 9.53. The van der Waals surface area contributed by atoms with E-state index in [1.54, 1.807) is 7.05 Å². The molecule has 0 radical (unpaired) electrons. The second kappa shape index (κ2) is 11.9. The molecule has 25 heavy (non-hydrogen) atoms. The van der Waals surface area contributed by atoms with Crippen molar-refractivity contribution < 1.29 is 9.53 Å². The Balaban J connectivity index is 0.00000312. The molecule has 1 amide bonds.